The molecule has 0 N–H and O–H groups in total. The van der Waals surface area contributed by atoms with Gasteiger partial charge in [-0.3, -0.25) is 4.68 Å². The molecule has 1 atom stereocenters. The monoisotopic (exact) mass is 411 g/mol. The highest BCUT2D eigenvalue weighted by Gasteiger charge is 2.39. The minimum Gasteiger partial charge on any atom is -0.493 e. The van der Waals surface area contributed by atoms with Crippen molar-refractivity contribution < 1.29 is 17.9 Å². The van der Waals surface area contributed by atoms with Crippen molar-refractivity contribution in [3.63, 3.8) is 0 Å². The van der Waals surface area contributed by atoms with Gasteiger partial charge in [-0.1, -0.05) is 6.07 Å². The molecule has 1 fully saturated rings. The molecule has 1 aromatic carbocycles. The Morgan fingerprint density at radius 1 is 1.22 bits per heavy atom. The fraction of sp³-hybridized carbons (Fsp3) is 0.500. The number of rotatable bonds is 6. The summed E-state index contributed by atoms with van der Waals surface area (Å²) < 4.78 is 40.9. The van der Waals surface area contributed by atoms with Gasteiger partial charge in [0.2, 0.25) is 10.0 Å². The molecule has 7 nitrogen and oxygen atoms in total. The molecule has 0 bridgehead atoms. The van der Waals surface area contributed by atoms with E-state index in [1.807, 2.05) is 32.0 Å². The van der Waals surface area contributed by atoms with E-state index >= 15 is 0 Å². The quantitative estimate of drug-likeness (QED) is 0.728. The molecule has 0 amide bonds. The summed E-state index contributed by atoms with van der Waals surface area (Å²) in [6.45, 7) is 6.61. The molecule has 1 aliphatic heterocycles. The Morgan fingerprint density at radius 3 is 2.52 bits per heavy atom. The maximum Gasteiger partial charge on any atom is 0.248 e. The molecule has 1 aliphatic rings. The van der Waals surface area contributed by atoms with E-state index in [4.69, 9.17) is 9.47 Å². The van der Waals surface area contributed by atoms with E-state index < -0.39 is 10.0 Å². The Kier molecular flexibility index (Phi) is 5.73. The topological polar surface area (TPSA) is 73.7 Å². The molecular weight excluding hydrogens is 386 g/mol. The molecular formula is C18H25N3O4S2. The Balaban J connectivity index is 2.03. The Labute approximate surface area is 164 Å². The van der Waals surface area contributed by atoms with Gasteiger partial charge in [-0.25, -0.2) is 8.42 Å². The average Bonchev–Trinajstić information content (AvgIpc) is 3.26. The lowest BCUT2D eigenvalue weighted by atomic mass is 10.2. The fourth-order valence-electron chi connectivity index (χ4n) is 3.45. The summed E-state index contributed by atoms with van der Waals surface area (Å²) in [4.78, 5) is 0.317. The predicted molar refractivity (Wildman–Crippen MR) is 106 cm³/mol. The van der Waals surface area contributed by atoms with Gasteiger partial charge in [0.1, 0.15) is 4.90 Å². The van der Waals surface area contributed by atoms with E-state index in [0.717, 1.165) is 11.3 Å². The van der Waals surface area contributed by atoms with E-state index in [0.29, 0.717) is 40.9 Å². The molecule has 9 heteroatoms. The molecule has 1 aromatic heterocycles. The van der Waals surface area contributed by atoms with Crippen LogP contribution < -0.4 is 9.47 Å². The van der Waals surface area contributed by atoms with Gasteiger partial charge in [0.25, 0.3) is 0 Å². The van der Waals surface area contributed by atoms with Gasteiger partial charge in [0, 0.05) is 18.8 Å². The highest BCUT2D eigenvalue weighted by molar-refractivity contribution is 8.01. The van der Waals surface area contributed by atoms with E-state index in [1.165, 1.54) is 0 Å². The van der Waals surface area contributed by atoms with Crippen LogP contribution in [0.3, 0.4) is 0 Å². The largest absolute Gasteiger partial charge is 0.493 e. The smallest absolute Gasteiger partial charge is 0.248 e. The summed E-state index contributed by atoms with van der Waals surface area (Å²) in [5.41, 5.74) is 2.09. The van der Waals surface area contributed by atoms with Crippen molar-refractivity contribution in [2.75, 3.05) is 26.5 Å². The zero-order chi connectivity index (χ0) is 19.8. The number of methoxy groups -OCH3 is 2. The molecule has 0 aliphatic carbocycles. The molecule has 1 unspecified atom stereocenters. The standard InChI is InChI=1S/C18H25N3O4S2/c1-6-20-13(3)17(12(2)19-20)27(22,23)21-9-10-26-18(21)14-7-8-15(24-4)16(11-14)25-5/h7-8,11,18H,6,9-10H2,1-5H3. The SMILES string of the molecule is CCn1nc(C)c(S(=O)(=O)N2CCSC2c2ccc(OC)c(OC)c2)c1C. The number of benzene rings is 1. The normalized spacial score (nSPS) is 18.0. The number of sulfonamides is 1. The molecule has 27 heavy (non-hydrogen) atoms. The van der Waals surface area contributed by atoms with Crippen LogP contribution in [0.15, 0.2) is 23.1 Å². The molecule has 0 saturated carbocycles. The fourth-order valence-corrected chi connectivity index (χ4v) is 7.06. The zero-order valence-corrected chi connectivity index (χ0v) is 17.9. The number of nitrogens with zero attached hydrogens (tertiary/aromatic N) is 3. The zero-order valence-electron chi connectivity index (χ0n) is 16.2. The van der Waals surface area contributed by atoms with Crippen LogP contribution >= 0.6 is 11.8 Å². The number of aryl methyl sites for hydroxylation is 2. The highest BCUT2D eigenvalue weighted by Crippen LogP contribution is 2.44. The summed E-state index contributed by atoms with van der Waals surface area (Å²) in [5.74, 6) is 1.94. The minimum absolute atomic E-state index is 0.307. The second kappa shape index (κ2) is 7.73. The van der Waals surface area contributed by atoms with Crippen molar-refractivity contribution in [2.45, 2.75) is 37.6 Å². The van der Waals surface area contributed by atoms with Crippen LogP contribution in [0.1, 0.15) is 29.2 Å². The number of hydrogen-bond acceptors (Lipinski definition) is 6. The molecule has 148 valence electrons. The summed E-state index contributed by atoms with van der Waals surface area (Å²) in [6.07, 6.45) is 0. The Hall–Kier alpha value is -1.71. The molecule has 2 aromatic rings. The van der Waals surface area contributed by atoms with Gasteiger partial charge in [-0.2, -0.15) is 9.40 Å². The third kappa shape index (κ3) is 3.43. The van der Waals surface area contributed by atoms with Crippen LogP contribution in [-0.4, -0.2) is 49.0 Å². The number of thioether (sulfide) groups is 1. The number of hydrogen-bond donors (Lipinski definition) is 0. The third-order valence-electron chi connectivity index (χ3n) is 4.72. The molecule has 2 heterocycles. The second-order valence-corrected chi connectivity index (χ2v) is 9.28. The first-order valence-electron chi connectivity index (χ1n) is 8.74. The second-order valence-electron chi connectivity index (χ2n) is 6.27. The van der Waals surface area contributed by atoms with E-state index in [2.05, 4.69) is 5.10 Å². The number of ether oxygens (including phenoxy) is 2. The lowest BCUT2D eigenvalue weighted by Gasteiger charge is -2.24. The van der Waals surface area contributed by atoms with Crippen molar-refractivity contribution in [1.82, 2.24) is 14.1 Å². The minimum atomic E-state index is -3.66. The predicted octanol–water partition coefficient (Wildman–Crippen LogP) is 2.97. The summed E-state index contributed by atoms with van der Waals surface area (Å²) in [7, 11) is -0.513. The maximum atomic E-state index is 13.5. The molecule has 1 saturated heterocycles. The van der Waals surface area contributed by atoms with Crippen LogP contribution in [0.4, 0.5) is 0 Å². The Bertz CT molecular complexity index is 940. The Morgan fingerprint density at radius 2 is 1.93 bits per heavy atom. The van der Waals surface area contributed by atoms with Gasteiger partial charge >= 0.3 is 0 Å². The lowest BCUT2D eigenvalue weighted by molar-refractivity contribution is 0.353. The van der Waals surface area contributed by atoms with Gasteiger partial charge in [0.15, 0.2) is 11.5 Å². The van der Waals surface area contributed by atoms with Crippen molar-refractivity contribution in [3.05, 3.63) is 35.2 Å². The van der Waals surface area contributed by atoms with Gasteiger partial charge in [-0.05, 0) is 38.5 Å². The van der Waals surface area contributed by atoms with Crippen molar-refractivity contribution in [1.29, 1.82) is 0 Å². The van der Waals surface area contributed by atoms with Crippen molar-refractivity contribution in [2.24, 2.45) is 0 Å². The van der Waals surface area contributed by atoms with E-state index in [1.54, 1.807) is 41.9 Å². The van der Waals surface area contributed by atoms with Crippen LogP contribution in [0.2, 0.25) is 0 Å². The third-order valence-corrected chi connectivity index (χ3v) is 8.23. The maximum absolute atomic E-state index is 13.5. The molecule has 3 rings (SSSR count). The van der Waals surface area contributed by atoms with Crippen LogP contribution in [0, 0.1) is 13.8 Å². The lowest BCUT2D eigenvalue weighted by Crippen LogP contribution is -2.31. The van der Waals surface area contributed by atoms with E-state index in [-0.39, 0.29) is 5.37 Å². The van der Waals surface area contributed by atoms with Crippen molar-refractivity contribution >= 4 is 21.8 Å². The summed E-state index contributed by atoms with van der Waals surface area (Å²) in [6, 6.07) is 5.55. The first-order valence-corrected chi connectivity index (χ1v) is 11.2. The van der Waals surface area contributed by atoms with Crippen LogP contribution in [0.25, 0.3) is 0 Å². The highest BCUT2D eigenvalue weighted by atomic mass is 32.2. The van der Waals surface area contributed by atoms with Crippen molar-refractivity contribution in [3.8, 4) is 11.5 Å². The van der Waals surface area contributed by atoms with Gasteiger partial charge in [0.05, 0.1) is 31.0 Å². The average molecular weight is 412 g/mol. The number of aromatic nitrogens is 2. The molecule has 0 radical (unpaired) electrons. The first-order chi connectivity index (χ1) is 12.8. The van der Waals surface area contributed by atoms with Crippen LogP contribution in [0.5, 0.6) is 11.5 Å². The summed E-state index contributed by atoms with van der Waals surface area (Å²) >= 11 is 1.61. The van der Waals surface area contributed by atoms with Gasteiger partial charge in [-0.15, -0.1) is 11.8 Å². The van der Waals surface area contributed by atoms with Gasteiger partial charge < -0.3 is 9.47 Å². The summed E-state index contributed by atoms with van der Waals surface area (Å²) in [5, 5.41) is 4.07. The first kappa shape index (κ1) is 20.0. The molecule has 0 spiro atoms. The van der Waals surface area contributed by atoms with E-state index in [9.17, 15) is 8.42 Å². The van der Waals surface area contributed by atoms with Crippen LogP contribution in [-0.2, 0) is 16.6 Å².